The molecule has 0 bridgehead atoms. The predicted octanol–water partition coefficient (Wildman–Crippen LogP) is 4.45. The molecule has 1 saturated carbocycles. The van der Waals surface area contributed by atoms with Gasteiger partial charge in [-0.1, -0.05) is 75.4 Å². The highest BCUT2D eigenvalue weighted by Crippen LogP contribution is 2.47. The molecule has 3 atom stereocenters. The van der Waals surface area contributed by atoms with Crippen LogP contribution in [0.5, 0.6) is 0 Å². The third-order valence-corrected chi connectivity index (χ3v) is 10.2. The summed E-state index contributed by atoms with van der Waals surface area (Å²) in [4.78, 5) is 61.0. The standard InChI is InChI=1S/C42H55N5O5/c1-30(2)25-37(39(49)42(3)17-18-42)46-40(50)35(26-33-15-19-43-20-16-33)28-44-41(51)36(14-13-31-7-5-4-6-8-31)45-38(48)27-32-9-11-34(12-10-32)29-47-21-23-52-24-22-47/h4-12,15-16,19-20,30,35-37H,13-14,17-18,21-29H2,1-3H3,(H,44,51)(H,45,48)(H,46,50)/t35-,36-,37-/m0/s1. The minimum absolute atomic E-state index is 0.0508. The first-order chi connectivity index (χ1) is 25.1. The molecule has 2 heterocycles. The average Bonchev–Trinajstić information content (AvgIpc) is 3.91. The van der Waals surface area contributed by atoms with E-state index >= 15 is 0 Å². The first-order valence-electron chi connectivity index (χ1n) is 18.8. The minimum Gasteiger partial charge on any atom is -0.379 e. The highest BCUT2D eigenvalue weighted by Gasteiger charge is 2.48. The van der Waals surface area contributed by atoms with Gasteiger partial charge in [-0.25, -0.2) is 0 Å². The topological polar surface area (TPSA) is 130 Å². The number of benzene rings is 2. The van der Waals surface area contributed by atoms with E-state index < -0.39 is 18.0 Å². The molecule has 0 radical (unpaired) electrons. The number of hydrogen-bond donors (Lipinski definition) is 3. The van der Waals surface area contributed by atoms with Crippen LogP contribution in [0.1, 0.15) is 68.7 Å². The Morgan fingerprint density at radius 1 is 0.808 bits per heavy atom. The summed E-state index contributed by atoms with van der Waals surface area (Å²) in [6.07, 6.45) is 7.06. The third kappa shape index (κ3) is 12.1. The van der Waals surface area contributed by atoms with Gasteiger partial charge in [0.25, 0.3) is 0 Å². The van der Waals surface area contributed by atoms with Gasteiger partial charge in [-0.15, -0.1) is 0 Å². The normalized spacial score (nSPS) is 17.1. The SMILES string of the molecule is CC(C)C[C@H](NC(=O)[C@H](CNC(=O)[C@H](CCc1ccccc1)NC(=O)Cc1ccc(CN2CCOCC2)cc1)Cc1ccncc1)C(=O)C1(C)CC1. The molecule has 3 amide bonds. The fraction of sp³-hybridized carbons (Fsp3) is 0.500. The summed E-state index contributed by atoms with van der Waals surface area (Å²) >= 11 is 0. The van der Waals surface area contributed by atoms with E-state index in [1.807, 2.05) is 75.4 Å². The lowest BCUT2D eigenvalue weighted by Crippen LogP contribution is -2.51. The number of amides is 3. The largest absolute Gasteiger partial charge is 0.379 e. The Balaban J connectivity index is 1.24. The molecule has 1 aromatic heterocycles. The first kappa shape index (κ1) is 38.8. The molecule has 5 rings (SSSR count). The second-order valence-electron chi connectivity index (χ2n) is 15.1. The number of aromatic nitrogens is 1. The first-order valence-corrected chi connectivity index (χ1v) is 18.8. The smallest absolute Gasteiger partial charge is 0.242 e. The predicted molar refractivity (Wildman–Crippen MR) is 201 cm³/mol. The minimum atomic E-state index is -0.803. The van der Waals surface area contributed by atoms with Crippen molar-refractivity contribution in [2.45, 2.75) is 84.3 Å². The fourth-order valence-electron chi connectivity index (χ4n) is 6.69. The maximum absolute atomic E-state index is 13.9. The number of ether oxygens (including phenoxy) is 1. The van der Waals surface area contributed by atoms with Crippen LogP contribution in [0, 0.1) is 17.3 Å². The van der Waals surface area contributed by atoms with Crippen molar-refractivity contribution < 1.29 is 23.9 Å². The van der Waals surface area contributed by atoms with Crippen molar-refractivity contribution in [1.82, 2.24) is 25.8 Å². The van der Waals surface area contributed by atoms with E-state index in [1.54, 1.807) is 12.4 Å². The molecular weight excluding hydrogens is 654 g/mol. The van der Waals surface area contributed by atoms with Crippen LogP contribution in [0.3, 0.4) is 0 Å². The van der Waals surface area contributed by atoms with E-state index in [2.05, 4.69) is 38.0 Å². The van der Waals surface area contributed by atoms with Gasteiger partial charge in [0.1, 0.15) is 6.04 Å². The number of carbonyl (C=O) groups is 4. The summed E-state index contributed by atoms with van der Waals surface area (Å²) < 4.78 is 5.45. The van der Waals surface area contributed by atoms with Gasteiger partial charge >= 0.3 is 0 Å². The van der Waals surface area contributed by atoms with E-state index in [-0.39, 0.29) is 47.8 Å². The molecule has 2 aromatic carbocycles. The molecule has 2 aliphatic rings. The van der Waals surface area contributed by atoms with Gasteiger partial charge in [-0.3, -0.25) is 29.1 Å². The molecule has 0 spiro atoms. The second kappa shape index (κ2) is 18.9. The van der Waals surface area contributed by atoms with Crippen molar-refractivity contribution in [3.05, 3.63) is 101 Å². The molecule has 278 valence electrons. The highest BCUT2D eigenvalue weighted by atomic mass is 16.5. The van der Waals surface area contributed by atoms with Gasteiger partial charge in [-0.2, -0.15) is 0 Å². The zero-order valence-electron chi connectivity index (χ0n) is 30.9. The van der Waals surface area contributed by atoms with E-state index in [1.165, 1.54) is 5.56 Å². The number of nitrogens with one attached hydrogen (secondary N) is 3. The zero-order valence-corrected chi connectivity index (χ0v) is 30.9. The van der Waals surface area contributed by atoms with Crippen molar-refractivity contribution in [3.8, 4) is 0 Å². The van der Waals surface area contributed by atoms with Crippen molar-refractivity contribution in [1.29, 1.82) is 0 Å². The quantitative estimate of drug-likeness (QED) is 0.168. The highest BCUT2D eigenvalue weighted by molar-refractivity contribution is 5.95. The lowest BCUT2D eigenvalue weighted by Gasteiger charge is -2.26. The molecule has 52 heavy (non-hydrogen) atoms. The van der Waals surface area contributed by atoms with Gasteiger partial charge < -0.3 is 20.7 Å². The van der Waals surface area contributed by atoms with Crippen LogP contribution in [-0.2, 0) is 49.7 Å². The van der Waals surface area contributed by atoms with Crippen LogP contribution < -0.4 is 16.0 Å². The number of pyridine rings is 1. The molecule has 1 saturated heterocycles. The molecule has 0 unspecified atom stereocenters. The zero-order chi connectivity index (χ0) is 36.9. The van der Waals surface area contributed by atoms with Crippen LogP contribution in [0.4, 0.5) is 0 Å². The maximum atomic E-state index is 13.9. The van der Waals surface area contributed by atoms with Gasteiger partial charge in [-0.05, 0) is 78.8 Å². The third-order valence-electron chi connectivity index (χ3n) is 10.2. The van der Waals surface area contributed by atoms with Crippen molar-refractivity contribution in [3.63, 3.8) is 0 Å². The van der Waals surface area contributed by atoms with E-state index in [0.29, 0.717) is 25.7 Å². The number of nitrogens with zero attached hydrogens (tertiary/aromatic N) is 2. The van der Waals surface area contributed by atoms with E-state index in [4.69, 9.17) is 4.74 Å². The number of morpholine rings is 1. The van der Waals surface area contributed by atoms with E-state index in [0.717, 1.165) is 62.4 Å². The Bertz CT molecular complexity index is 1600. The Morgan fingerprint density at radius 3 is 2.13 bits per heavy atom. The van der Waals surface area contributed by atoms with Crippen LogP contribution in [0.25, 0.3) is 0 Å². The van der Waals surface area contributed by atoms with Gasteiger partial charge in [0.2, 0.25) is 17.7 Å². The Morgan fingerprint density at radius 2 is 1.48 bits per heavy atom. The van der Waals surface area contributed by atoms with Gasteiger partial charge in [0.15, 0.2) is 5.78 Å². The summed E-state index contributed by atoms with van der Waals surface area (Å²) in [5.74, 6) is -1.21. The van der Waals surface area contributed by atoms with Crippen LogP contribution >= 0.6 is 0 Å². The number of carbonyl (C=O) groups excluding carboxylic acids is 4. The second-order valence-corrected chi connectivity index (χ2v) is 15.1. The Labute approximate surface area is 308 Å². The molecule has 3 aromatic rings. The van der Waals surface area contributed by atoms with Crippen molar-refractivity contribution in [2.75, 3.05) is 32.8 Å². The van der Waals surface area contributed by atoms with Crippen LogP contribution in [0.15, 0.2) is 79.1 Å². The van der Waals surface area contributed by atoms with Gasteiger partial charge in [0, 0.05) is 44.0 Å². The summed E-state index contributed by atoms with van der Waals surface area (Å²) in [6.45, 7) is 10.2. The fourth-order valence-corrected chi connectivity index (χ4v) is 6.69. The van der Waals surface area contributed by atoms with Crippen LogP contribution in [0.2, 0.25) is 0 Å². The molecule has 10 heteroatoms. The molecule has 1 aliphatic heterocycles. The number of ketones is 1. The average molecular weight is 710 g/mol. The van der Waals surface area contributed by atoms with Crippen LogP contribution in [-0.4, -0.2) is 78.3 Å². The molecule has 2 fully saturated rings. The maximum Gasteiger partial charge on any atom is 0.242 e. The summed E-state index contributed by atoms with van der Waals surface area (Å²) in [5, 5.41) is 9.04. The Kier molecular flexibility index (Phi) is 14.1. The molecular formula is C42H55N5O5. The lowest BCUT2D eigenvalue weighted by atomic mass is 9.90. The molecule has 10 nitrogen and oxygen atoms in total. The molecule has 1 aliphatic carbocycles. The molecule has 3 N–H and O–H groups in total. The number of Topliss-reactive ketones (excluding diaryl/α,β-unsaturated/α-hetero) is 1. The number of aryl methyl sites for hydroxylation is 1. The monoisotopic (exact) mass is 709 g/mol. The lowest BCUT2D eigenvalue weighted by molar-refractivity contribution is -0.133. The van der Waals surface area contributed by atoms with Gasteiger partial charge in [0.05, 0.1) is 31.6 Å². The number of hydrogen-bond acceptors (Lipinski definition) is 7. The summed E-state index contributed by atoms with van der Waals surface area (Å²) in [7, 11) is 0. The Hall–Kier alpha value is -4.41. The van der Waals surface area contributed by atoms with Crippen molar-refractivity contribution >= 4 is 23.5 Å². The summed E-state index contributed by atoms with van der Waals surface area (Å²) in [5.41, 5.74) is 3.63. The van der Waals surface area contributed by atoms with E-state index in [9.17, 15) is 19.2 Å². The number of rotatable bonds is 19. The summed E-state index contributed by atoms with van der Waals surface area (Å²) in [6, 6.07) is 20.2. The van der Waals surface area contributed by atoms with Crippen molar-refractivity contribution in [2.24, 2.45) is 17.3 Å².